The number of carbonyl (C=O) groups is 2. The van der Waals surface area contributed by atoms with Crippen molar-refractivity contribution in [3.05, 3.63) is 54.5 Å². The Morgan fingerprint density at radius 2 is 1.83 bits per heavy atom. The Hall–Kier alpha value is -2.76. The quantitative estimate of drug-likeness (QED) is 0.730. The number of hydrogen-bond acceptors (Lipinski definition) is 3. The number of amides is 3. The van der Waals surface area contributed by atoms with Crippen molar-refractivity contribution in [2.45, 2.75) is 32.9 Å². The first kappa shape index (κ1) is 17.6. The van der Waals surface area contributed by atoms with Crippen molar-refractivity contribution in [2.24, 2.45) is 5.92 Å². The zero-order valence-corrected chi connectivity index (χ0v) is 13.9. The monoisotopic (exact) mass is 329 g/mol. The highest BCUT2D eigenvalue weighted by Crippen LogP contribution is 2.08. The van der Waals surface area contributed by atoms with Gasteiger partial charge in [0.1, 0.15) is 11.8 Å². The fraction of sp³-hybridized carbons (Fsp3) is 0.333. The van der Waals surface area contributed by atoms with E-state index in [4.69, 9.17) is 4.42 Å². The van der Waals surface area contributed by atoms with Gasteiger partial charge < -0.3 is 20.4 Å². The Labute approximate surface area is 141 Å². The number of urea groups is 1. The predicted octanol–water partition coefficient (Wildman–Crippen LogP) is 3.13. The molecule has 0 saturated heterocycles. The fourth-order valence-corrected chi connectivity index (χ4v) is 2.26. The van der Waals surface area contributed by atoms with E-state index < -0.39 is 12.1 Å². The largest absolute Gasteiger partial charge is 0.467 e. The topological polar surface area (TPSA) is 83.4 Å². The summed E-state index contributed by atoms with van der Waals surface area (Å²) in [7, 11) is 0. The maximum absolute atomic E-state index is 12.4. The Balaban J connectivity index is 1.91. The highest BCUT2D eigenvalue weighted by Gasteiger charge is 2.22. The number of hydrogen-bond donors (Lipinski definition) is 3. The van der Waals surface area contributed by atoms with Crippen molar-refractivity contribution in [3.63, 3.8) is 0 Å². The fourth-order valence-electron chi connectivity index (χ4n) is 2.26. The van der Waals surface area contributed by atoms with Crippen molar-refractivity contribution in [1.29, 1.82) is 0 Å². The van der Waals surface area contributed by atoms with Gasteiger partial charge in [-0.2, -0.15) is 0 Å². The summed E-state index contributed by atoms with van der Waals surface area (Å²) in [5.41, 5.74) is 0.675. The molecule has 0 radical (unpaired) electrons. The third kappa shape index (κ3) is 5.79. The maximum Gasteiger partial charge on any atom is 0.319 e. The molecule has 2 aromatic rings. The Morgan fingerprint density at radius 3 is 2.46 bits per heavy atom. The zero-order valence-electron chi connectivity index (χ0n) is 13.9. The van der Waals surface area contributed by atoms with Gasteiger partial charge in [0.25, 0.3) is 0 Å². The van der Waals surface area contributed by atoms with E-state index in [1.165, 1.54) is 0 Å². The highest BCUT2D eigenvalue weighted by molar-refractivity contribution is 5.93. The number of rotatable bonds is 7. The minimum Gasteiger partial charge on any atom is -0.467 e. The summed E-state index contributed by atoms with van der Waals surface area (Å²) >= 11 is 0. The van der Waals surface area contributed by atoms with E-state index in [9.17, 15) is 9.59 Å². The normalized spacial score (nSPS) is 11.8. The van der Waals surface area contributed by atoms with Crippen molar-refractivity contribution in [2.75, 3.05) is 5.32 Å². The maximum atomic E-state index is 12.4. The minimum atomic E-state index is -0.608. The van der Waals surface area contributed by atoms with E-state index in [0.717, 1.165) is 0 Å². The lowest BCUT2D eigenvalue weighted by atomic mass is 10.0. The second-order valence-corrected chi connectivity index (χ2v) is 5.94. The first-order chi connectivity index (χ1) is 11.5. The summed E-state index contributed by atoms with van der Waals surface area (Å²) in [6, 6.07) is 11.6. The first-order valence-electron chi connectivity index (χ1n) is 7.97. The molecule has 1 aromatic carbocycles. The van der Waals surface area contributed by atoms with E-state index in [0.29, 0.717) is 24.4 Å². The number of furan rings is 1. The van der Waals surface area contributed by atoms with E-state index >= 15 is 0 Å². The molecule has 1 atom stereocenters. The summed E-state index contributed by atoms with van der Waals surface area (Å²) in [5, 5.41) is 8.24. The molecule has 1 aromatic heterocycles. The zero-order chi connectivity index (χ0) is 17.4. The van der Waals surface area contributed by atoms with Gasteiger partial charge in [-0.1, -0.05) is 32.0 Å². The van der Waals surface area contributed by atoms with Gasteiger partial charge in [-0.3, -0.25) is 4.79 Å². The lowest BCUT2D eigenvalue weighted by Gasteiger charge is -2.20. The van der Waals surface area contributed by atoms with Crippen LogP contribution in [-0.2, 0) is 11.3 Å². The Morgan fingerprint density at radius 1 is 1.08 bits per heavy atom. The second kappa shape index (κ2) is 8.76. The van der Waals surface area contributed by atoms with Gasteiger partial charge in [-0.15, -0.1) is 0 Å². The van der Waals surface area contributed by atoms with E-state index in [2.05, 4.69) is 16.0 Å². The average Bonchev–Trinajstić information content (AvgIpc) is 3.06. The van der Waals surface area contributed by atoms with Crippen LogP contribution in [0.15, 0.2) is 53.1 Å². The predicted molar refractivity (Wildman–Crippen MR) is 92.4 cm³/mol. The van der Waals surface area contributed by atoms with Crippen molar-refractivity contribution >= 4 is 17.6 Å². The van der Waals surface area contributed by atoms with E-state index in [-0.39, 0.29) is 11.8 Å². The summed E-state index contributed by atoms with van der Waals surface area (Å²) in [6.07, 6.45) is 2.10. The smallest absolute Gasteiger partial charge is 0.319 e. The first-order valence-corrected chi connectivity index (χ1v) is 7.97. The van der Waals surface area contributed by atoms with Crippen LogP contribution in [0.4, 0.5) is 10.5 Å². The minimum absolute atomic E-state index is 0.233. The third-order valence-electron chi connectivity index (χ3n) is 3.38. The van der Waals surface area contributed by atoms with Crippen LogP contribution in [0.1, 0.15) is 26.0 Å². The summed E-state index contributed by atoms with van der Waals surface area (Å²) in [4.78, 5) is 24.5. The molecule has 128 valence electrons. The van der Waals surface area contributed by atoms with Crippen molar-refractivity contribution < 1.29 is 14.0 Å². The molecule has 3 amide bonds. The van der Waals surface area contributed by atoms with Crippen LogP contribution in [0.2, 0.25) is 0 Å². The van der Waals surface area contributed by atoms with Gasteiger partial charge >= 0.3 is 6.03 Å². The molecule has 0 fully saturated rings. The van der Waals surface area contributed by atoms with E-state index in [1.807, 2.05) is 32.0 Å². The molecular formula is C18H23N3O3. The van der Waals surface area contributed by atoms with Crippen LogP contribution < -0.4 is 16.0 Å². The molecule has 0 bridgehead atoms. The van der Waals surface area contributed by atoms with Gasteiger partial charge in [0.15, 0.2) is 0 Å². The standard InChI is InChI=1S/C18H23N3O3/c1-13(2)11-16(17(22)19-12-15-9-6-10-24-15)21-18(23)20-14-7-4-3-5-8-14/h3-10,13,16H,11-12H2,1-2H3,(H,19,22)(H2,20,21,23)/t16-/m0/s1. The highest BCUT2D eigenvalue weighted by atomic mass is 16.3. The third-order valence-corrected chi connectivity index (χ3v) is 3.38. The molecule has 6 nitrogen and oxygen atoms in total. The molecule has 2 rings (SSSR count). The number of anilines is 1. The SMILES string of the molecule is CC(C)C[C@H](NC(=O)Nc1ccccc1)C(=O)NCc1ccco1. The lowest BCUT2D eigenvalue weighted by Crippen LogP contribution is -2.48. The van der Waals surface area contributed by atoms with E-state index in [1.54, 1.807) is 30.5 Å². The summed E-state index contributed by atoms with van der Waals surface area (Å²) in [5.74, 6) is 0.699. The molecule has 0 aliphatic rings. The molecule has 0 spiro atoms. The van der Waals surface area contributed by atoms with Gasteiger partial charge in [0.05, 0.1) is 12.8 Å². The van der Waals surface area contributed by atoms with Crippen LogP contribution in [0.5, 0.6) is 0 Å². The van der Waals surface area contributed by atoms with Crippen LogP contribution in [0.3, 0.4) is 0 Å². The lowest BCUT2D eigenvalue weighted by molar-refractivity contribution is -0.123. The number of nitrogens with one attached hydrogen (secondary N) is 3. The number of para-hydroxylation sites is 1. The van der Waals surface area contributed by atoms with Crippen molar-refractivity contribution in [1.82, 2.24) is 10.6 Å². The molecule has 0 unspecified atom stereocenters. The van der Waals surface area contributed by atoms with Crippen LogP contribution in [0.25, 0.3) is 0 Å². The number of carbonyl (C=O) groups excluding carboxylic acids is 2. The molecule has 6 heteroatoms. The van der Waals surface area contributed by atoms with Crippen LogP contribution in [-0.4, -0.2) is 18.0 Å². The Bertz CT molecular complexity index is 639. The van der Waals surface area contributed by atoms with Crippen molar-refractivity contribution in [3.8, 4) is 0 Å². The molecule has 0 aliphatic heterocycles. The molecular weight excluding hydrogens is 306 g/mol. The summed E-state index contributed by atoms with van der Waals surface area (Å²) < 4.78 is 5.19. The molecule has 0 saturated carbocycles. The van der Waals surface area contributed by atoms with Gasteiger partial charge in [0.2, 0.25) is 5.91 Å². The number of benzene rings is 1. The molecule has 0 aliphatic carbocycles. The molecule has 3 N–H and O–H groups in total. The van der Waals surface area contributed by atoms with Gasteiger partial charge in [-0.25, -0.2) is 4.79 Å². The Kier molecular flexibility index (Phi) is 6.42. The molecule has 1 heterocycles. The second-order valence-electron chi connectivity index (χ2n) is 5.94. The summed E-state index contributed by atoms with van der Waals surface area (Å²) in [6.45, 7) is 4.30. The van der Waals surface area contributed by atoms with Crippen LogP contribution in [0, 0.1) is 5.92 Å². The van der Waals surface area contributed by atoms with Crippen LogP contribution >= 0.6 is 0 Å². The average molecular weight is 329 g/mol. The van der Waals surface area contributed by atoms with Gasteiger partial charge in [-0.05, 0) is 36.6 Å². The van der Waals surface area contributed by atoms with Gasteiger partial charge in [0, 0.05) is 5.69 Å². The molecule has 24 heavy (non-hydrogen) atoms.